The van der Waals surface area contributed by atoms with Gasteiger partial charge in [-0.15, -0.1) is 0 Å². The van der Waals surface area contributed by atoms with E-state index in [1.165, 1.54) is 44.6 Å². The van der Waals surface area contributed by atoms with Gasteiger partial charge in [0.2, 0.25) is 0 Å². The maximum Gasteiger partial charge on any atom is 0.435 e. The summed E-state index contributed by atoms with van der Waals surface area (Å²) in [7, 11) is 2.88. The molecule has 1 aromatic carbocycles. The molecule has 0 saturated carbocycles. The number of alkyl halides is 3. The molecule has 0 radical (unpaired) electrons. The number of hydrogen-bond donors (Lipinski definition) is 3. The van der Waals surface area contributed by atoms with Gasteiger partial charge in [0.1, 0.15) is 5.69 Å². The summed E-state index contributed by atoms with van der Waals surface area (Å²) < 4.78 is 41.0. The molecule has 0 aliphatic rings. The molecule has 0 fully saturated rings. The minimum Gasteiger partial charge on any atom is -0.330 e. The van der Waals surface area contributed by atoms with Crippen LogP contribution in [0.5, 0.6) is 0 Å². The Morgan fingerprint density at radius 2 is 1.78 bits per heavy atom. The number of anilines is 1. The number of carbonyl (C=O) groups is 3. The number of hydrogen-bond acceptors (Lipinski definition) is 5. The molecule has 3 rings (SSSR count). The summed E-state index contributed by atoms with van der Waals surface area (Å²) in [6, 6.07) is 5.21. The number of halogens is 6. The average Bonchev–Trinajstić information content (AvgIpc) is 3.25. The van der Waals surface area contributed by atoms with Gasteiger partial charge in [-0.2, -0.15) is 18.3 Å². The molecule has 0 saturated heterocycles. The number of pyridine rings is 1. The zero-order valence-corrected chi connectivity index (χ0v) is 21.3. The highest BCUT2D eigenvalue weighted by Gasteiger charge is 2.37. The van der Waals surface area contributed by atoms with E-state index in [4.69, 9.17) is 23.2 Å². The van der Waals surface area contributed by atoms with Crippen molar-refractivity contribution in [2.45, 2.75) is 6.18 Å². The maximum absolute atomic E-state index is 13.4. The molecule has 0 bridgehead atoms. The van der Waals surface area contributed by atoms with E-state index in [1.807, 2.05) is 0 Å². The molecule has 2 heterocycles. The van der Waals surface area contributed by atoms with Crippen molar-refractivity contribution < 1.29 is 27.6 Å². The van der Waals surface area contributed by atoms with Gasteiger partial charge in [0.25, 0.3) is 11.8 Å². The first-order valence-corrected chi connectivity index (χ1v) is 11.2. The van der Waals surface area contributed by atoms with Crippen LogP contribution in [0.3, 0.4) is 0 Å². The number of urea groups is 1. The first-order chi connectivity index (χ1) is 16.8. The molecule has 0 atom stereocenters. The van der Waals surface area contributed by atoms with Crippen molar-refractivity contribution in [2.24, 2.45) is 0 Å². The van der Waals surface area contributed by atoms with Gasteiger partial charge < -0.3 is 10.2 Å². The third-order valence-electron chi connectivity index (χ3n) is 4.40. The Labute approximate surface area is 219 Å². The van der Waals surface area contributed by atoms with Gasteiger partial charge in [-0.3, -0.25) is 15.0 Å². The smallest absolute Gasteiger partial charge is 0.330 e. The molecule has 3 N–H and O–H groups in total. The Bertz CT molecular complexity index is 1350. The van der Waals surface area contributed by atoms with Crippen LogP contribution >= 0.6 is 39.1 Å². The number of aromatic nitrogens is 3. The van der Waals surface area contributed by atoms with Gasteiger partial charge in [0.15, 0.2) is 11.5 Å². The molecule has 0 unspecified atom stereocenters. The number of amides is 4. The largest absolute Gasteiger partial charge is 0.435 e. The highest BCUT2D eigenvalue weighted by Crippen LogP contribution is 2.33. The third-order valence-corrected chi connectivity index (χ3v) is 5.54. The first kappa shape index (κ1) is 27.2. The topological polar surface area (TPSA) is 121 Å². The SMILES string of the molecule is CN(C)C(=O)NNC(=O)c1cc(Cl)cc(Br)c1NC(=O)c1cc(C(F)(F)F)nn1-c1ncccc1Cl. The summed E-state index contributed by atoms with van der Waals surface area (Å²) in [4.78, 5) is 42.7. The van der Waals surface area contributed by atoms with Crippen LogP contribution < -0.4 is 16.2 Å². The van der Waals surface area contributed by atoms with E-state index < -0.39 is 35.4 Å². The standard InChI is InChI=1S/C20H15BrCl2F3N7O3/c1-32(2)19(36)30-29-17(34)10-6-9(22)7-11(21)15(10)28-18(35)13-8-14(20(24,25)26)31-33(13)16-12(23)4-3-5-27-16/h3-8H,1-2H3,(H,28,35)(H,29,34)(H,30,36). The fourth-order valence-corrected chi connectivity index (χ4v) is 3.83. The second-order valence-corrected chi connectivity index (χ2v) is 8.87. The first-order valence-electron chi connectivity index (χ1n) is 9.65. The minimum absolute atomic E-state index is 0.0623. The number of rotatable bonds is 4. The van der Waals surface area contributed by atoms with Crippen LogP contribution in [0, 0.1) is 0 Å². The Morgan fingerprint density at radius 3 is 2.39 bits per heavy atom. The molecule has 16 heteroatoms. The van der Waals surface area contributed by atoms with Crippen molar-refractivity contribution in [3.63, 3.8) is 0 Å². The van der Waals surface area contributed by atoms with Gasteiger partial charge in [-0.25, -0.2) is 19.9 Å². The number of nitrogens with zero attached hydrogens (tertiary/aromatic N) is 4. The molecule has 2 aromatic heterocycles. The van der Waals surface area contributed by atoms with E-state index in [-0.39, 0.29) is 31.6 Å². The molecule has 0 aliphatic carbocycles. The van der Waals surface area contributed by atoms with Crippen molar-refractivity contribution in [1.82, 2.24) is 30.5 Å². The number of benzene rings is 1. The van der Waals surface area contributed by atoms with E-state index in [1.54, 1.807) is 0 Å². The summed E-state index contributed by atoms with van der Waals surface area (Å²) in [5, 5.41) is 5.86. The van der Waals surface area contributed by atoms with Crippen molar-refractivity contribution >= 4 is 62.7 Å². The molecule has 0 spiro atoms. The summed E-state index contributed by atoms with van der Waals surface area (Å²) in [6.45, 7) is 0. The minimum atomic E-state index is -4.88. The lowest BCUT2D eigenvalue weighted by Gasteiger charge is -2.16. The van der Waals surface area contributed by atoms with Crippen LogP contribution in [0.25, 0.3) is 5.82 Å². The highest BCUT2D eigenvalue weighted by atomic mass is 79.9. The summed E-state index contributed by atoms with van der Waals surface area (Å²) in [6.07, 6.45) is -3.61. The van der Waals surface area contributed by atoms with Crippen LogP contribution in [0.2, 0.25) is 10.0 Å². The van der Waals surface area contributed by atoms with Crippen molar-refractivity contribution in [2.75, 3.05) is 19.4 Å². The van der Waals surface area contributed by atoms with Crippen LogP contribution in [-0.4, -0.2) is 51.6 Å². The second-order valence-electron chi connectivity index (χ2n) is 7.18. The van der Waals surface area contributed by atoms with Crippen LogP contribution in [0.4, 0.5) is 23.7 Å². The van der Waals surface area contributed by atoms with Gasteiger partial charge in [0, 0.05) is 35.9 Å². The van der Waals surface area contributed by atoms with Crippen LogP contribution in [0.1, 0.15) is 26.5 Å². The summed E-state index contributed by atoms with van der Waals surface area (Å²) in [5.74, 6) is -2.17. The molecule has 10 nitrogen and oxygen atoms in total. The second kappa shape index (κ2) is 10.7. The lowest BCUT2D eigenvalue weighted by atomic mass is 10.1. The normalized spacial score (nSPS) is 11.1. The Morgan fingerprint density at radius 1 is 1.08 bits per heavy atom. The van der Waals surface area contributed by atoms with Crippen molar-refractivity contribution in [1.29, 1.82) is 0 Å². The summed E-state index contributed by atoms with van der Waals surface area (Å²) >= 11 is 15.3. The number of hydrazine groups is 1. The van der Waals surface area contributed by atoms with Gasteiger partial charge in [0.05, 0.1) is 16.3 Å². The quantitative estimate of drug-likeness (QED) is 0.376. The van der Waals surface area contributed by atoms with E-state index in [2.05, 4.69) is 42.2 Å². The Hall–Kier alpha value is -3.36. The molecule has 4 amide bonds. The fourth-order valence-electron chi connectivity index (χ4n) is 2.72. The predicted molar refractivity (Wildman–Crippen MR) is 128 cm³/mol. The maximum atomic E-state index is 13.4. The van der Waals surface area contributed by atoms with E-state index in [0.29, 0.717) is 10.7 Å². The van der Waals surface area contributed by atoms with Crippen LogP contribution in [-0.2, 0) is 6.18 Å². The lowest BCUT2D eigenvalue weighted by molar-refractivity contribution is -0.141. The fraction of sp³-hybridized carbons (Fsp3) is 0.150. The van der Waals surface area contributed by atoms with Crippen LogP contribution in [0.15, 0.2) is 41.0 Å². The van der Waals surface area contributed by atoms with Crippen molar-refractivity contribution in [3.8, 4) is 5.82 Å². The van der Waals surface area contributed by atoms with E-state index in [9.17, 15) is 27.6 Å². The zero-order chi connectivity index (χ0) is 26.8. The Kier molecular flexibility index (Phi) is 8.11. The highest BCUT2D eigenvalue weighted by molar-refractivity contribution is 9.10. The predicted octanol–water partition coefficient (Wildman–Crippen LogP) is 4.52. The molecule has 0 aliphatic heterocycles. The molecule has 36 heavy (non-hydrogen) atoms. The van der Waals surface area contributed by atoms with Gasteiger partial charge in [-0.05, 0) is 40.2 Å². The van der Waals surface area contributed by atoms with E-state index in [0.717, 1.165) is 4.90 Å². The number of carbonyl (C=O) groups excluding carboxylic acids is 3. The van der Waals surface area contributed by atoms with Crippen molar-refractivity contribution in [3.05, 3.63) is 68.0 Å². The molecular weight excluding hydrogens is 594 g/mol. The molecule has 3 aromatic rings. The Balaban J connectivity index is 2.03. The molecule has 190 valence electrons. The third kappa shape index (κ3) is 6.06. The zero-order valence-electron chi connectivity index (χ0n) is 18.2. The van der Waals surface area contributed by atoms with E-state index >= 15 is 0 Å². The number of nitrogens with one attached hydrogen (secondary N) is 3. The monoisotopic (exact) mass is 607 g/mol. The lowest BCUT2D eigenvalue weighted by Crippen LogP contribution is -2.46. The molecular formula is C20H15BrCl2F3N7O3. The summed E-state index contributed by atoms with van der Waals surface area (Å²) in [5.41, 5.74) is 2.00. The van der Waals surface area contributed by atoms with Gasteiger partial charge >= 0.3 is 12.2 Å². The van der Waals surface area contributed by atoms with Gasteiger partial charge in [-0.1, -0.05) is 23.2 Å². The average molecular weight is 609 g/mol.